The second-order valence-electron chi connectivity index (χ2n) is 14.3. The van der Waals surface area contributed by atoms with E-state index in [2.05, 4.69) is 92.1 Å². The van der Waals surface area contributed by atoms with Gasteiger partial charge in [-0.3, -0.25) is 9.36 Å². The van der Waals surface area contributed by atoms with E-state index in [1.807, 2.05) is 21.1 Å². The number of carbonyl (C=O) groups excluding carboxylic acids is 1. The molecule has 0 radical (unpaired) electrons. The summed E-state index contributed by atoms with van der Waals surface area (Å²) in [4.78, 5) is 25.1. The minimum atomic E-state index is -4.56. The van der Waals surface area contributed by atoms with Crippen LogP contribution in [0.2, 0.25) is 0 Å². The van der Waals surface area contributed by atoms with E-state index >= 15 is 0 Å². The lowest BCUT2D eigenvalue weighted by Gasteiger charge is -2.30. The summed E-state index contributed by atoms with van der Waals surface area (Å²) in [6.45, 7) is 4.48. The molecule has 1 amide bonds. The average molecular weight is 735 g/mol. The minimum absolute atomic E-state index is 0.00170. The largest absolute Gasteiger partial charge is 0.756 e. The van der Waals surface area contributed by atoms with Crippen LogP contribution in [0.1, 0.15) is 136 Å². The highest BCUT2D eigenvalue weighted by Gasteiger charge is 2.24. The van der Waals surface area contributed by atoms with Gasteiger partial charge in [0.25, 0.3) is 7.82 Å². The Labute approximate surface area is 313 Å². The van der Waals surface area contributed by atoms with Crippen molar-refractivity contribution >= 4 is 13.7 Å². The molecule has 0 aromatic carbocycles. The zero-order valence-corrected chi connectivity index (χ0v) is 33.9. The summed E-state index contributed by atoms with van der Waals surface area (Å²) in [5.41, 5.74) is 0. The first-order chi connectivity index (χ1) is 24.5. The smallest absolute Gasteiger partial charge is 0.268 e. The number of aliphatic hydroxyl groups is 1. The molecule has 0 heterocycles. The second kappa shape index (κ2) is 33.8. The van der Waals surface area contributed by atoms with Crippen molar-refractivity contribution in [3.05, 3.63) is 72.9 Å². The highest BCUT2D eigenvalue weighted by atomic mass is 31.2. The summed E-state index contributed by atoms with van der Waals surface area (Å²) in [6, 6.07) is -0.814. The monoisotopic (exact) mass is 735 g/mol. The van der Waals surface area contributed by atoms with Crippen molar-refractivity contribution in [1.29, 1.82) is 0 Å². The van der Waals surface area contributed by atoms with E-state index < -0.39 is 20.0 Å². The zero-order valence-electron chi connectivity index (χ0n) is 33.0. The van der Waals surface area contributed by atoms with Crippen LogP contribution in [0.5, 0.6) is 0 Å². The van der Waals surface area contributed by atoms with Crippen LogP contribution in [0, 0.1) is 0 Å². The van der Waals surface area contributed by atoms with Crippen molar-refractivity contribution in [1.82, 2.24) is 5.32 Å². The van der Waals surface area contributed by atoms with Crippen LogP contribution in [-0.2, 0) is 18.4 Å². The quantitative estimate of drug-likeness (QED) is 0.0295. The van der Waals surface area contributed by atoms with Gasteiger partial charge >= 0.3 is 0 Å². The molecule has 3 unspecified atom stereocenters. The van der Waals surface area contributed by atoms with Crippen LogP contribution in [-0.4, -0.2) is 68.5 Å². The Morgan fingerprint density at radius 2 is 1.20 bits per heavy atom. The predicted molar refractivity (Wildman–Crippen MR) is 214 cm³/mol. The molecule has 0 rings (SSSR count). The summed E-state index contributed by atoms with van der Waals surface area (Å²) >= 11 is 0. The van der Waals surface area contributed by atoms with Crippen molar-refractivity contribution in [3.8, 4) is 0 Å². The van der Waals surface area contributed by atoms with Gasteiger partial charge in [-0.2, -0.15) is 0 Å². The third kappa shape index (κ3) is 36.1. The van der Waals surface area contributed by atoms with Crippen LogP contribution in [0.3, 0.4) is 0 Å². The van der Waals surface area contributed by atoms with Crippen molar-refractivity contribution in [2.45, 2.75) is 148 Å². The Hall–Kier alpha value is -2.06. The van der Waals surface area contributed by atoms with Crippen molar-refractivity contribution in [3.63, 3.8) is 0 Å². The number of nitrogens with zero attached hydrogens (tertiary/aromatic N) is 1. The maximum absolute atomic E-state index is 12.7. The molecule has 294 valence electrons. The van der Waals surface area contributed by atoms with Gasteiger partial charge in [0.2, 0.25) is 5.91 Å². The van der Waals surface area contributed by atoms with Crippen molar-refractivity contribution in [2.24, 2.45) is 0 Å². The van der Waals surface area contributed by atoms with E-state index in [1.54, 1.807) is 0 Å². The molecule has 0 saturated carbocycles. The SMILES string of the molecule is CC/C=C\C/C=C\C/C=C\C/C=C\C/C=C\C/C=C\CCCCCCC(=O)NC(COP(=O)([O-])OCC[N+](C)(C)C)C(O)CCCCCCCC. The van der Waals surface area contributed by atoms with E-state index in [9.17, 15) is 19.4 Å². The molecule has 0 spiro atoms. The molecule has 2 N–H and O–H groups in total. The summed E-state index contributed by atoms with van der Waals surface area (Å²) in [5.74, 6) is -0.200. The first kappa shape index (κ1) is 48.9. The van der Waals surface area contributed by atoms with Gasteiger partial charge in [-0.1, -0.05) is 138 Å². The number of phosphoric acid groups is 1. The highest BCUT2D eigenvalue weighted by Crippen LogP contribution is 2.38. The van der Waals surface area contributed by atoms with Gasteiger partial charge < -0.3 is 28.8 Å². The van der Waals surface area contributed by atoms with Crippen LogP contribution in [0.15, 0.2) is 72.9 Å². The number of rotatable bonds is 34. The average Bonchev–Trinajstić information content (AvgIpc) is 3.07. The molecule has 0 aliphatic rings. The van der Waals surface area contributed by atoms with Gasteiger partial charge in [0.05, 0.1) is 39.9 Å². The number of carbonyl (C=O) groups is 1. The Kier molecular flexibility index (Phi) is 32.4. The number of hydrogen-bond donors (Lipinski definition) is 2. The van der Waals surface area contributed by atoms with Gasteiger partial charge in [-0.15, -0.1) is 0 Å². The molecule has 0 aromatic heterocycles. The number of phosphoric ester groups is 1. The third-order valence-corrected chi connectivity index (χ3v) is 9.17. The minimum Gasteiger partial charge on any atom is -0.756 e. The maximum atomic E-state index is 12.7. The molecule has 0 aromatic rings. The number of allylic oxidation sites excluding steroid dienone is 12. The molecule has 8 nitrogen and oxygen atoms in total. The number of quaternary nitrogens is 1. The number of likely N-dealkylation sites (N-methyl/N-ethyl adjacent to an activating group) is 1. The van der Waals surface area contributed by atoms with E-state index in [0.717, 1.165) is 89.9 Å². The molecule has 0 aliphatic carbocycles. The molecule has 0 fully saturated rings. The first-order valence-electron chi connectivity index (χ1n) is 19.8. The number of amides is 1. The zero-order chi connectivity index (χ0) is 37.9. The fourth-order valence-electron chi connectivity index (χ4n) is 5.04. The Morgan fingerprint density at radius 3 is 1.75 bits per heavy atom. The Bertz CT molecular complexity index is 1060. The van der Waals surface area contributed by atoms with Crippen molar-refractivity contribution in [2.75, 3.05) is 40.9 Å². The predicted octanol–water partition coefficient (Wildman–Crippen LogP) is 9.83. The molecule has 0 aliphatic heterocycles. The van der Waals surface area contributed by atoms with Gasteiger partial charge in [-0.25, -0.2) is 0 Å². The number of nitrogens with one attached hydrogen (secondary N) is 1. The Balaban J connectivity index is 4.30. The van der Waals surface area contributed by atoms with Crippen LogP contribution < -0.4 is 10.2 Å². The molecule has 51 heavy (non-hydrogen) atoms. The second-order valence-corrected chi connectivity index (χ2v) is 15.7. The normalized spacial score (nSPS) is 15.4. The lowest BCUT2D eigenvalue weighted by Crippen LogP contribution is -2.46. The van der Waals surface area contributed by atoms with E-state index in [-0.39, 0.29) is 19.1 Å². The molecule has 9 heteroatoms. The molecule has 3 atom stereocenters. The molecule has 0 bridgehead atoms. The lowest BCUT2D eigenvalue weighted by atomic mass is 10.0. The number of hydrogen-bond acceptors (Lipinski definition) is 6. The van der Waals surface area contributed by atoms with Gasteiger partial charge in [0.1, 0.15) is 13.2 Å². The summed E-state index contributed by atoms with van der Waals surface area (Å²) < 4.78 is 23.0. The third-order valence-electron chi connectivity index (χ3n) is 8.21. The summed E-state index contributed by atoms with van der Waals surface area (Å²) in [6.07, 6.45) is 43.6. The first-order valence-corrected chi connectivity index (χ1v) is 21.2. The van der Waals surface area contributed by atoms with E-state index in [0.29, 0.717) is 23.9 Å². The summed E-state index contributed by atoms with van der Waals surface area (Å²) in [7, 11) is 1.26. The summed E-state index contributed by atoms with van der Waals surface area (Å²) in [5, 5.41) is 13.7. The number of unbranched alkanes of at least 4 members (excludes halogenated alkanes) is 9. The maximum Gasteiger partial charge on any atom is 0.268 e. The lowest BCUT2D eigenvalue weighted by molar-refractivity contribution is -0.870. The fraction of sp³-hybridized carbons (Fsp3) is 0.690. The van der Waals surface area contributed by atoms with Crippen molar-refractivity contribution < 1.29 is 32.9 Å². The molecular formula is C42H75N2O6P. The molecule has 0 saturated heterocycles. The topological polar surface area (TPSA) is 108 Å². The van der Waals surface area contributed by atoms with Gasteiger partial charge in [0, 0.05) is 6.42 Å². The van der Waals surface area contributed by atoms with Crippen LogP contribution in [0.25, 0.3) is 0 Å². The Morgan fingerprint density at radius 1 is 0.706 bits per heavy atom. The highest BCUT2D eigenvalue weighted by molar-refractivity contribution is 7.45. The standard InChI is InChI=1S/C42H75N2O6P/c1-6-8-10-12-14-15-16-17-18-19-20-21-22-23-24-25-26-27-28-29-30-32-34-36-42(46)43-40(41(45)35-33-31-13-11-9-7-2)39-50-51(47,48)49-38-37-44(3,4)5/h8,10,14-15,17-18,20-21,23-24,26-27,40-41,45H,6-7,9,11-13,16,19,22,25,28-39H2,1-5H3,(H-,43,46,47,48)/b10-8-,15-14-,18-17-,21-20-,24-23-,27-26-. The van der Waals surface area contributed by atoms with E-state index in [4.69, 9.17) is 9.05 Å². The van der Waals surface area contributed by atoms with Crippen LogP contribution >= 0.6 is 7.82 Å². The van der Waals surface area contributed by atoms with E-state index in [1.165, 1.54) is 19.3 Å². The van der Waals surface area contributed by atoms with Gasteiger partial charge in [0.15, 0.2) is 0 Å². The fourth-order valence-corrected chi connectivity index (χ4v) is 5.76. The van der Waals surface area contributed by atoms with Crippen LogP contribution in [0.4, 0.5) is 0 Å². The molecular weight excluding hydrogens is 659 g/mol. The number of aliphatic hydroxyl groups excluding tert-OH is 1. The van der Waals surface area contributed by atoms with Gasteiger partial charge in [-0.05, 0) is 64.2 Å².